The molecule has 0 saturated carbocycles. The highest BCUT2D eigenvalue weighted by Gasteiger charge is 2.21. The first kappa shape index (κ1) is 20.2. The van der Waals surface area contributed by atoms with Gasteiger partial charge in [-0.1, -0.05) is 121 Å². The summed E-state index contributed by atoms with van der Waals surface area (Å²) in [5.74, 6) is 0. The molecular formula is C45H26N2OS. The Hall–Kier alpha value is -6.23. The van der Waals surface area contributed by atoms with Crippen molar-refractivity contribution in [3.8, 4) is 27.4 Å². The van der Waals surface area contributed by atoms with E-state index in [4.69, 9.17) is 16.3 Å². The zero-order valence-electron chi connectivity index (χ0n) is 33.6. The number of rotatable bonds is 3. The minimum absolute atomic E-state index is 0.0158. The molecular weight excluding hydrogens is 617 g/mol. The molecule has 3 nitrogen and oxygen atoms in total. The Morgan fingerprint density at radius 1 is 0.612 bits per heavy atom. The van der Waals surface area contributed by atoms with Gasteiger partial charge in [0.05, 0.1) is 37.9 Å². The Labute approximate surface area is 296 Å². The van der Waals surface area contributed by atoms with Gasteiger partial charge in [0.15, 0.2) is 0 Å². The second-order valence-corrected chi connectivity index (χ2v) is 13.1. The molecule has 0 amide bonds. The molecule has 0 aliphatic rings. The van der Waals surface area contributed by atoms with Crippen LogP contribution in [0.1, 0.15) is 11.0 Å². The molecule has 3 heterocycles. The largest absolute Gasteiger partial charge is 0.455 e. The standard InChI is InChI=1S/C45H26N2OS/c1-2-12-29(13-3-1)45-46-38-23-20-30(24-42(38)49-45)36-25-37-35-22-19-28-11-5-7-15-32(28)44(35)48-41(37)26-40(36)47-39-17-9-8-16-33(39)34-21-18-27-10-4-6-14-31(27)43(34)47/h1-26H/i5D,7D,11D,15D,19D,22D,25D,26D. The lowest BCUT2D eigenvalue weighted by Gasteiger charge is -2.15. The van der Waals surface area contributed by atoms with Crippen molar-refractivity contribution in [1.29, 1.82) is 0 Å². The number of nitrogens with zero attached hydrogens (tertiary/aromatic N) is 2. The van der Waals surface area contributed by atoms with Gasteiger partial charge in [0.25, 0.3) is 0 Å². The van der Waals surface area contributed by atoms with Crippen LogP contribution in [0.3, 0.4) is 0 Å². The van der Waals surface area contributed by atoms with E-state index in [9.17, 15) is 4.11 Å². The van der Waals surface area contributed by atoms with Crippen LogP contribution in [-0.2, 0) is 0 Å². The second kappa shape index (κ2) is 10.1. The molecule has 11 aromatic rings. The van der Waals surface area contributed by atoms with Gasteiger partial charge in [0, 0.05) is 49.5 Å². The summed E-state index contributed by atoms with van der Waals surface area (Å²) in [6.45, 7) is 0. The maximum Gasteiger partial charge on any atom is 0.143 e. The van der Waals surface area contributed by atoms with Crippen molar-refractivity contribution in [3.05, 3.63) is 158 Å². The average molecular weight is 651 g/mol. The van der Waals surface area contributed by atoms with Gasteiger partial charge in [-0.25, -0.2) is 4.98 Å². The summed E-state index contributed by atoms with van der Waals surface area (Å²) in [5.41, 5.74) is 4.78. The third-order valence-corrected chi connectivity index (χ3v) is 10.4. The van der Waals surface area contributed by atoms with Crippen molar-refractivity contribution < 1.29 is 15.4 Å². The van der Waals surface area contributed by atoms with Crippen LogP contribution in [0, 0.1) is 0 Å². The molecule has 0 N–H and O–H groups in total. The predicted molar refractivity (Wildman–Crippen MR) is 207 cm³/mol. The number of benzene rings is 8. The number of aromatic nitrogens is 2. The summed E-state index contributed by atoms with van der Waals surface area (Å²) in [6, 6.07) is 33.2. The first-order valence-corrected chi connectivity index (χ1v) is 16.7. The van der Waals surface area contributed by atoms with Crippen molar-refractivity contribution in [2.75, 3.05) is 0 Å². The molecule has 0 bridgehead atoms. The molecule has 0 atom stereocenters. The lowest BCUT2D eigenvalue weighted by molar-refractivity contribution is 0.672. The number of hydrogen-bond acceptors (Lipinski definition) is 3. The highest BCUT2D eigenvalue weighted by atomic mass is 32.1. The third-order valence-electron chi connectivity index (χ3n) is 9.33. The first-order valence-electron chi connectivity index (χ1n) is 19.9. The fraction of sp³-hybridized carbons (Fsp3) is 0. The minimum Gasteiger partial charge on any atom is -0.455 e. The topological polar surface area (TPSA) is 31.0 Å². The van der Waals surface area contributed by atoms with E-state index < -0.39 is 30.2 Å². The van der Waals surface area contributed by atoms with E-state index in [0.717, 1.165) is 53.4 Å². The Bertz CT molecular complexity index is 3570. The Balaban J connectivity index is 1.35. The molecule has 0 saturated heterocycles. The molecule has 8 aromatic carbocycles. The molecule has 0 radical (unpaired) electrons. The van der Waals surface area contributed by atoms with Gasteiger partial charge in [0.1, 0.15) is 16.2 Å². The minimum atomic E-state index is -0.518. The summed E-state index contributed by atoms with van der Waals surface area (Å²) in [6.07, 6.45) is 0. The van der Waals surface area contributed by atoms with Gasteiger partial charge in [-0.05, 0) is 46.6 Å². The average Bonchev–Trinajstić information content (AvgIpc) is 3.95. The van der Waals surface area contributed by atoms with Crippen LogP contribution in [0.25, 0.3) is 103 Å². The first-order chi connectivity index (χ1) is 27.6. The van der Waals surface area contributed by atoms with E-state index in [2.05, 4.69) is 12.1 Å². The normalized spacial score (nSPS) is 14.4. The molecule has 228 valence electrons. The number of para-hydroxylation sites is 1. The zero-order chi connectivity index (χ0) is 39.0. The van der Waals surface area contributed by atoms with Gasteiger partial charge in [-0.15, -0.1) is 11.3 Å². The number of hydrogen-bond donors (Lipinski definition) is 0. The fourth-order valence-electron chi connectivity index (χ4n) is 7.11. The maximum atomic E-state index is 10.1. The van der Waals surface area contributed by atoms with E-state index in [1.807, 2.05) is 102 Å². The smallest absolute Gasteiger partial charge is 0.143 e. The maximum absolute atomic E-state index is 10.1. The van der Waals surface area contributed by atoms with Crippen molar-refractivity contribution in [3.63, 3.8) is 0 Å². The van der Waals surface area contributed by atoms with E-state index in [0.29, 0.717) is 16.8 Å². The van der Waals surface area contributed by atoms with Gasteiger partial charge < -0.3 is 8.98 Å². The molecule has 0 aliphatic heterocycles. The Morgan fingerprint density at radius 3 is 2.39 bits per heavy atom. The fourth-order valence-corrected chi connectivity index (χ4v) is 8.12. The molecule has 0 fully saturated rings. The van der Waals surface area contributed by atoms with E-state index >= 15 is 0 Å². The van der Waals surface area contributed by atoms with Gasteiger partial charge in [-0.2, -0.15) is 0 Å². The van der Waals surface area contributed by atoms with Gasteiger partial charge >= 0.3 is 0 Å². The Kier molecular flexibility index (Phi) is 4.18. The van der Waals surface area contributed by atoms with Crippen LogP contribution in [0.15, 0.2) is 162 Å². The quantitative estimate of drug-likeness (QED) is 0.190. The van der Waals surface area contributed by atoms with Crippen molar-refractivity contribution in [1.82, 2.24) is 9.55 Å². The van der Waals surface area contributed by atoms with E-state index in [1.165, 1.54) is 11.3 Å². The van der Waals surface area contributed by atoms with Crippen LogP contribution in [0.5, 0.6) is 0 Å². The summed E-state index contributed by atoms with van der Waals surface area (Å²) >= 11 is 1.53. The van der Waals surface area contributed by atoms with Crippen molar-refractivity contribution in [2.45, 2.75) is 0 Å². The number of furan rings is 1. The van der Waals surface area contributed by atoms with Crippen molar-refractivity contribution in [2.24, 2.45) is 0 Å². The van der Waals surface area contributed by atoms with E-state index in [1.54, 1.807) is 0 Å². The molecule has 11 rings (SSSR count). The van der Waals surface area contributed by atoms with Crippen LogP contribution in [0.2, 0.25) is 0 Å². The third kappa shape index (κ3) is 3.92. The van der Waals surface area contributed by atoms with Crippen LogP contribution < -0.4 is 0 Å². The van der Waals surface area contributed by atoms with Gasteiger partial charge in [-0.3, -0.25) is 0 Å². The zero-order valence-corrected chi connectivity index (χ0v) is 26.4. The highest BCUT2D eigenvalue weighted by Crippen LogP contribution is 2.44. The SMILES string of the molecule is [2H]c1c([2H])c([2H])c2c(c1[2H])c([2H])c([2H])c1c2oc2c([2H])c(-n3c4ccccc4c4ccc5ccccc5c43)c(-c3ccc4nc(-c5ccccc5)sc4c3)c([2H])c21. The molecule has 0 spiro atoms. The number of thiazole rings is 1. The molecule has 49 heavy (non-hydrogen) atoms. The Morgan fingerprint density at radius 2 is 1.45 bits per heavy atom. The second-order valence-electron chi connectivity index (χ2n) is 12.1. The summed E-state index contributed by atoms with van der Waals surface area (Å²) < 4.78 is 82.3. The number of fused-ring (bicyclic) bond motifs is 11. The molecule has 4 heteroatoms. The summed E-state index contributed by atoms with van der Waals surface area (Å²) in [7, 11) is 0. The van der Waals surface area contributed by atoms with Crippen LogP contribution in [-0.4, -0.2) is 9.55 Å². The lowest BCUT2D eigenvalue weighted by atomic mass is 9.99. The lowest BCUT2D eigenvalue weighted by Crippen LogP contribution is -1.98. The highest BCUT2D eigenvalue weighted by molar-refractivity contribution is 7.21. The molecule has 0 unspecified atom stereocenters. The molecule has 3 aromatic heterocycles. The predicted octanol–water partition coefficient (Wildman–Crippen LogP) is 12.9. The monoisotopic (exact) mass is 650 g/mol. The molecule has 0 aliphatic carbocycles. The van der Waals surface area contributed by atoms with Crippen LogP contribution >= 0.6 is 11.3 Å². The van der Waals surface area contributed by atoms with E-state index in [-0.39, 0.29) is 50.8 Å². The van der Waals surface area contributed by atoms with Crippen molar-refractivity contribution >= 4 is 86.8 Å². The van der Waals surface area contributed by atoms with Gasteiger partial charge in [0.2, 0.25) is 0 Å². The summed E-state index contributed by atoms with van der Waals surface area (Å²) in [4.78, 5) is 4.91. The summed E-state index contributed by atoms with van der Waals surface area (Å²) in [5, 5.41) is 4.70. The van der Waals surface area contributed by atoms with Crippen LogP contribution in [0.4, 0.5) is 0 Å².